The summed E-state index contributed by atoms with van der Waals surface area (Å²) in [7, 11) is 0. The lowest BCUT2D eigenvalue weighted by Crippen LogP contribution is -2.59. The summed E-state index contributed by atoms with van der Waals surface area (Å²) in [5.41, 5.74) is -1.95. The van der Waals surface area contributed by atoms with E-state index in [1.165, 1.54) is 0 Å². The zero-order valence-corrected chi connectivity index (χ0v) is 23.5. The monoisotopic (exact) mass is 535 g/mol. The van der Waals surface area contributed by atoms with E-state index in [4.69, 9.17) is 9.84 Å². The van der Waals surface area contributed by atoms with E-state index in [0.29, 0.717) is 32.5 Å². The Morgan fingerprint density at radius 1 is 0.897 bits per heavy atom. The van der Waals surface area contributed by atoms with E-state index in [1.807, 2.05) is 87.2 Å². The Balaban J connectivity index is 1.57. The summed E-state index contributed by atoms with van der Waals surface area (Å²) in [6.45, 7) is 9.21. The van der Waals surface area contributed by atoms with Gasteiger partial charge in [-0.05, 0) is 52.7 Å². The lowest BCUT2D eigenvalue weighted by Gasteiger charge is -2.41. The van der Waals surface area contributed by atoms with Crippen molar-refractivity contribution < 1.29 is 24.2 Å². The highest BCUT2D eigenvalue weighted by Gasteiger charge is 2.74. The van der Waals surface area contributed by atoms with Gasteiger partial charge in [0.05, 0.1) is 17.4 Å². The lowest BCUT2D eigenvalue weighted by atomic mass is 9.74. The predicted molar refractivity (Wildman–Crippen MR) is 149 cm³/mol. The standard InChI is InChI=1S/C31H41N3O5/c1-29(2,3)34-20-13-17-31-24(27(37)33(25(31)28(34)38)18-10-5-6-11-21-35)23-26(36)32(22-14-8-7-9-15-22)19-12-16-30(23,4)39-31/h7-9,12-17,23-25,35H,5-6,10-11,18-21H2,1-4H3/t23-,24-,25?,30+,31-/m0/s1. The topological polar surface area (TPSA) is 90.4 Å². The molecule has 0 bridgehead atoms. The molecule has 0 saturated carbocycles. The average Bonchev–Trinajstić information content (AvgIpc) is 3.14. The smallest absolute Gasteiger partial charge is 0.249 e. The van der Waals surface area contributed by atoms with Crippen LogP contribution in [-0.2, 0) is 19.1 Å². The maximum Gasteiger partial charge on any atom is 0.249 e. The van der Waals surface area contributed by atoms with E-state index in [9.17, 15) is 14.4 Å². The van der Waals surface area contributed by atoms with Gasteiger partial charge in [0.15, 0.2) is 0 Å². The van der Waals surface area contributed by atoms with Gasteiger partial charge >= 0.3 is 0 Å². The number of fused-ring (bicyclic) bond motifs is 2. The quantitative estimate of drug-likeness (QED) is 0.427. The maximum absolute atomic E-state index is 14.4. The summed E-state index contributed by atoms with van der Waals surface area (Å²) in [5, 5.41) is 9.16. The normalized spacial score (nSPS) is 32.3. The molecule has 2 saturated heterocycles. The van der Waals surface area contributed by atoms with Gasteiger partial charge in [-0.3, -0.25) is 14.4 Å². The van der Waals surface area contributed by atoms with Crippen molar-refractivity contribution in [3.05, 3.63) is 54.6 Å². The molecule has 0 aromatic heterocycles. The summed E-state index contributed by atoms with van der Waals surface area (Å²) in [6.07, 6.45) is 10.8. The van der Waals surface area contributed by atoms with Gasteiger partial charge < -0.3 is 24.5 Å². The first-order valence-electron chi connectivity index (χ1n) is 14.2. The molecule has 3 amide bonds. The van der Waals surface area contributed by atoms with Crippen molar-refractivity contribution in [1.29, 1.82) is 0 Å². The Kier molecular flexibility index (Phi) is 7.22. The second kappa shape index (κ2) is 10.2. The van der Waals surface area contributed by atoms with Crippen molar-refractivity contribution in [3.63, 3.8) is 0 Å². The number of hydrogen-bond acceptors (Lipinski definition) is 5. The SMILES string of the molecule is CC(C)(C)N1CC=C[C@]23O[C@]4(C)C=CCN(c5ccccc5)C(=O)[C@@H]4[C@H]2C(=O)N(CCCCCCO)C3C1=O. The van der Waals surface area contributed by atoms with Crippen LogP contribution in [0.1, 0.15) is 53.4 Å². The number of aliphatic hydroxyl groups is 1. The van der Waals surface area contributed by atoms with Gasteiger partial charge in [0.2, 0.25) is 17.7 Å². The Morgan fingerprint density at radius 3 is 2.28 bits per heavy atom. The number of nitrogens with zero attached hydrogens (tertiary/aromatic N) is 3. The number of anilines is 1. The molecule has 1 spiro atoms. The number of para-hydroxylation sites is 1. The number of benzene rings is 1. The fourth-order valence-corrected chi connectivity index (χ4v) is 6.95. The molecule has 4 aliphatic rings. The van der Waals surface area contributed by atoms with E-state index in [-0.39, 0.29) is 24.3 Å². The highest BCUT2D eigenvalue weighted by atomic mass is 16.5. The number of carbonyl (C=O) groups is 3. The second-order valence-electron chi connectivity index (χ2n) is 12.4. The molecular weight excluding hydrogens is 494 g/mol. The number of rotatable bonds is 7. The molecule has 5 rings (SSSR count). The number of aliphatic hydroxyl groups excluding tert-OH is 1. The van der Waals surface area contributed by atoms with Crippen LogP contribution < -0.4 is 4.90 Å². The number of likely N-dealkylation sites (tertiary alicyclic amines) is 1. The van der Waals surface area contributed by atoms with Crippen LogP contribution in [0.4, 0.5) is 5.69 Å². The average molecular weight is 536 g/mol. The molecule has 2 fully saturated rings. The Morgan fingerprint density at radius 2 is 1.59 bits per heavy atom. The van der Waals surface area contributed by atoms with E-state index in [1.54, 1.807) is 9.80 Å². The highest BCUT2D eigenvalue weighted by molar-refractivity contribution is 6.04. The van der Waals surface area contributed by atoms with Gasteiger partial charge in [0, 0.05) is 37.5 Å². The van der Waals surface area contributed by atoms with Crippen LogP contribution in [0.5, 0.6) is 0 Å². The fraction of sp³-hybridized carbons (Fsp3) is 0.581. The molecule has 4 aliphatic heterocycles. The minimum atomic E-state index is -1.24. The molecule has 1 aromatic rings. The molecule has 8 nitrogen and oxygen atoms in total. The zero-order chi connectivity index (χ0) is 28.0. The van der Waals surface area contributed by atoms with Crippen LogP contribution in [0.2, 0.25) is 0 Å². The summed E-state index contributed by atoms with van der Waals surface area (Å²) < 4.78 is 6.90. The molecule has 5 atom stereocenters. The first kappa shape index (κ1) is 27.6. The summed E-state index contributed by atoms with van der Waals surface area (Å²) in [4.78, 5) is 48.2. The minimum absolute atomic E-state index is 0.141. The van der Waals surface area contributed by atoms with Crippen LogP contribution in [0.25, 0.3) is 0 Å². The van der Waals surface area contributed by atoms with Gasteiger partial charge in [-0.2, -0.15) is 0 Å². The molecule has 0 aliphatic carbocycles. The molecule has 1 N–H and O–H groups in total. The minimum Gasteiger partial charge on any atom is -0.396 e. The van der Waals surface area contributed by atoms with Crippen LogP contribution in [0, 0.1) is 11.8 Å². The molecule has 210 valence electrons. The van der Waals surface area contributed by atoms with Crippen molar-refractivity contribution in [3.8, 4) is 0 Å². The molecule has 4 heterocycles. The van der Waals surface area contributed by atoms with E-state index < -0.39 is 34.6 Å². The number of amides is 3. The largest absolute Gasteiger partial charge is 0.396 e. The summed E-state index contributed by atoms with van der Waals surface area (Å²) in [6, 6.07) is 8.65. The van der Waals surface area contributed by atoms with Gasteiger partial charge in [0.1, 0.15) is 11.6 Å². The van der Waals surface area contributed by atoms with Gasteiger partial charge in [0.25, 0.3) is 0 Å². The Hall–Kier alpha value is -2.97. The number of carbonyl (C=O) groups excluding carboxylic acids is 3. The molecule has 1 aromatic carbocycles. The van der Waals surface area contributed by atoms with Crippen molar-refractivity contribution in [2.45, 2.75) is 76.2 Å². The molecule has 1 unspecified atom stereocenters. The van der Waals surface area contributed by atoms with Crippen molar-refractivity contribution in [2.75, 3.05) is 31.1 Å². The summed E-state index contributed by atoms with van der Waals surface area (Å²) >= 11 is 0. The van der Waals surface area contributed by atoms with Crippen molar-refractivity contribution >= 4 is 23.4 Å². The van der Waals surface area contributed by atoms with Gasteiger partial charge in [-0.1, -0.05) is 55.3 Å². The number of hydrogen-bond donors (Lipinski definition) is 1. The molecule has 39 heavy (non-hydrogen) atoms. The van der Waals surface area contributed by atoms with Crippen LogP contribution in [-0.4, -0.2) is 81.7 Å². The van der Waals surface area contributed by atoms with E-state index >= 15 is 0 Å². The molecular formula is C31H41N3O5. The second-order valence-corrected chi connectivity index (χ2v) is 12.4. The Labute approximate surface area is 231 Å². The van der Waals surface area contributed by atoms with Crippen LogP contribution in [0.3, 0.4) is 0 Å². The van der Waals surface area contributed by atoms with E-state index in [0.717, 1.165) is 18.5 Å². The molecule has 0 radical (unpaired) electrons. The lowest BCUT2D eigenvalue weighted by molar-refractivity contribution is -0.154. The van der Waals surface area contributed by atoms with Gasteiger partial charge in [-0.15, -0.1) is 0 Å². The fourth-order valence-electron chi connectivity index (χ4n) is 6.95. The zero-order valence-electron chi connectivity index (χ0n) is 23.5. The summed E-state index contributed by atoms with van der Waals surface area (Å²) in [5.74, 6) is -2.09. The number of unbranched alkanes of at least 4 members (excludes halogenated alkanes) is 3. The van der Waals surface area contributed by atoms with Crippen molar-refractivity contribution in [2.24, 2.45) is 11.8 Å². The first-order valence-corrected chi connectivity index (χ1v) is 14.2. The Bertz CT molecular complexity index is 1170. The number of ether oxygens (including phenoxy) is 1. The third kappa shape index (κ3) is 4.51. The van der Waals surface area contributed by atoms with Gasteiger partial charge in [-0.25, -0.2) is 0 Å². The highest BCUT2D eigenvalue weighted by Crippen LogP contribution is 2.57. The third-order valence-electron chi connectivity index (χ3n) is 8.74. The van der Waals surface area contributed by atoms with E-state index in [2.05, 4.69) is 0 Å². The van der Waals surface area contributed by atoms with Crippen LogP contribution in [0.15, 0.2) is 54.6 Å². The molecule has 8 heteroatoms. The first-order chi connectivity index (χ1) is 18.5. The van der Waals surface area contributed by atoms with Crippen molar-refractivity contribution in [1.82, 2.24) is 9.80 Å². The van der Waals surface area contributed by atoms with Crippen LogP contribution >= 0.6 is 0 Å². The predicted octanol–water partition coefficient (Wildman–Crippen LogP) is 3.31. The third-order valence-corrected chi connectivity index (χ3v) is 8.74. The maximum atomic E-state index is 14.4.